The van der Waals surface area contributed by atoms with Gasteiger partial charge in [0.25, 0.3) is 0 Å². The Morgan fingerprint density at radius 1 is 1.26 bits per heavy atom. The highest BCUT2D eigenvalue weighted by molar-refractivity contribution is 7.89. The van der Waals surface area contributed by atoms with Crippen LogP contribution in [-0.4, -0.2) is 43.7 Å². The fourth-order valence-electron chi connectivity index (χ4n) is 1.34. The molecule has 0 saturated heterocycles. The van der Waals surface area contributed by atoms with Gasteiger partial charge in [-0.05, 0) is 19.8 Å². The maximum Gasteiger partial charge on any atom is 0.306 e. The lowest BCUT2D eigenvalue weighted by atomic mass is 10.1. The fraction of sp³-hybridized carbons (Fsp3) is 0.818. The normalized spacial score (nSPS) is 14.7. The molecule has 7 nitrogen and oxygen atoms in total. The number of carboxylic acid groups (broad SMARTS) is 1. The van der Waals surface area contributed by atoms with Gasteiger partial charge >= 0.3 is 5.97 Å². The Morgan fingerprint density at radius 2 is 1.84 bits per heavy atom. The van der Waals surface area contributed by atoms with E-state index in [1.807, 2.05) is 0 Å². The first-order chi connectivity index (χ1) is 8.69. The molecule has 1 amide bonds. The highest BCUT2D eigenvalue weighted by Gasteiger charge is 2.19. The summed E-state index contributed by atoms with van der Waals surface area (Å²) in [5.41, 5.74) is 0. The molecule has 19 heavy (non-hydrogen) atoms. The predicted molar refractivity (Wildman–Crippen MR) is 71.1 cm³/mol. The standard InChI is InChI=1S/C11H22N2O5S/c1-4-7-19(17,18)13-9(3)10(14)12-6-5-8(2)11(15)16/h8-9,13H,4-7H2,1-3H3,(H,12,14)(H,15,16). The van der Waals surface area contributed by atoms with Crippen LogP contribution in [0.4, 0.5) is 0 Å². The number of carboxylic acids is 1. The maximum atomic E-state index is 11.6. The van der Waals surface area contributed by atoms with Gasteiger partial charge in [0.05, 0.1) is 17.7 Å². The van der Waals surface area contributed by atoms with Gasteiger partial charge in [-0.2, -0.15) is 0 Å². The van der Waals surface area contributed by atoms with Crippen LogP contribution in [0, 0.1) is 5.92 Å². The largest absolute Gasteiger partial charge is 0.481 e. The van der Waals surface area contributed by atoms with Crippen molar-refractivity contribution in [3.05, 3.63) is 0 Å². The van der Waals surface area contributed by atoms with Crippen LogP contribution in [0.15, 0.2) is 0 Å². The van der Waals surface area contributed by atoms with Crippen molar-refractivity contribution in [2.75, 3.05) is 12.3 Å². The molecule has 0 aromatic rings. The molecule has 0 bridgehead atoms. The minimum Gasteiger partial charge on any atom is -0.481 e. The molecule has 0 aliphatic rings. The summed E-state index contributed by atoms with van der Waals surface area (Å²) in [7, 11) is -3.44. The van der Waals surface area contributed by atoms with Gasteiger partial charge in [-0.1, -0.05) is 13.8 Å². The molecule has 0 heterocycles. The monoisotopic (exact) mass is 294 g/mol. The predicted octanol–water partition coefficient (Wildman–Crippen LogP) is -0.0687. The third kappa shape index (κ3) is 7.78. The topological polar surface area (TPSA) is 113 Å². The molecule has 0 saturated carbocycles. The minimum absolute atomic E-state index is 0.0271. The number of carbonyl (C=O) groups excluding carboxylic acids is 1. The van der Waals surface area contributed by atoms with Gasteiger partial charge in [-0.15, -0.1) is 0 Å². The average Bonchev–Trinajstić information content (AvgIpc) is 2.27. The number of sulfonamides is 1. The van der Waals surface area contributed by atoms with Crippen molar-refractivity contribution in [3.8, 4) is 0 Å². The van der Waals surface area contributed by atoms with Crippen LogP contribution in [0.1, 0.15) is 33.6 Å². The van der Waals surface area contributed by atoms with Crippen LogP contribution in [-0.2, 0) is 19.6 Å². The second-order valence-electron chi connectivity index (χ2n) is 4.48. The molecule has 8 heteroatoms. The minimum atomic E-state index is -3.44. The van der Waals surface area contributed by atoms with Gasteiger partial charge in [0.1, 0.15) is 0 Å². The van der Waals surface area contributed by atoms with Crippen LogP contribution >= 0.6 is 0 Å². The van der Waals surface area contributed by atoms with Crippen molar-refractivity contribution in [1.29, 1.82) is 0 Å². The SMILES string of the molecule is CCCS(=O)(=O)NC(C)C(=O)NCCC(C)C(=O)O. The molecular weight excluding hydrogens is 272 g/mol. The van der Waals surface area contributed by atoms with Crippen LogP contribution in [0.2, 0.25) is 0 Å². The van der Waals surface area contributed by atoms with Gasteiger partial charge < -0.3 is 10.4 Å². The summed E-state index contributed by atoms with van der Waals surface area (Å²) in [6.45, 7) is 4.93. The quantitative estimate of drug-likeness (QED) is 0.551. The Balaban J connectivity index is 4.11. The van der Waals surface area contributed by atoms with Crippen molar-refractivity contribution >= 4 is 21.9 Å². The summed E-state index contributed by atoms with van der Waals surface area (Å²) in [4.78, 5) is 22.2. The third-order valence-corrected chi connectivity index (χ3v) is 4.18. The maximum absolute atomic E-state index is 11.6. The van der Waals surface area contributed by atoms with E-state index >= 15 is 0 Å². The summed E-state index contributed by atoms with van der Waals surface area (Å²) in [6.07, 6.45) is 0.773. The fourth-order valence-corrected chi connectivity index (χ4v) is 2.64. The first kappa shape index (κ1) is 17.8. The number of hydrogen-bond donors (Lipinski definition) is 3. The number of carbonyl (C=O) groups is 2. The van der Waals surface area contributed by atoms with Crippen molar-refractivity contribution in [2.45, 2.75) is 39.7 Å². The van der Waals surface area contributed by atoms with E-state index in [0.29, 0.717) is 12.8 Å². The molecule has 0 radical (unpaired) electrons. The Labute approximate surface area is 113 Å². The molecule has 3 N–H and O–H groups in total. The Bertz CT molecular complexity index is 407. The van der Waals surface area contributed by atoms with E-state index in [0.717, 1.165) is 0 Å². The number of rotatable bonds is 9. The second-order valence-corrected chi connectivity index (χ2v) is 6.35. The Morgan fingerprint density at radius 3 is 2.32 bits per heavy atom. The van der Waals surface area contributed by atoms with Crippen molar-refractivity contribution in [1.82, 2.24) is 10.0 Å². The van der Waals surface area contributed by atoms with Crippen LogP contribution < -0.4 is 10.0 Å². The first-order valence-electron chi connectivity index (χ1n) is 6.20. The van der Waals surface area contributed by atoms with Crippen LogP contribution in [0.3, 0.4) is 0 Å². The molecule has 0 rings (SSSR count). The highest BCUT2D eigenvalue weighted by Crippen LogP contribution is 2.00. The lowest BCUT2D eigenvalue weighted by molar-refractivity contribution is -0.141. The lowest BCUT2D eigenvalue weighted by Gasteiger charge is -2.14. The smallest absolute Gasteiger partial charge is 0.306 e. The zero-order chi connectivity index (χ0) is 15.1. The van der Waals surface area contributed by atoms with Crippen molar-refractivity contribution in [2.24, 2.45) is 5.92 Å². The van der Waals surface area contributed by atoms with Crippen LogP contribution in [0.5, 0.6) is 0 Å². The van der Waals surface area contributed by atoms with E-state index in [9.17, 15) is 18.0 Å². The molecule has 0 spiro atoms. The summed E-state index contributed by atoms with van der Waals surface area (Å²) < 4.78 is 25.2. The molecule has 2 unspecified atom stereocenters. The first-order valence-corrected chi connectivity index (χ1v) is 7.85. The summed E-state index contributed by atoms with van der Waals surface area (Å²) in [5, 5.41) is 11.2. The van der Waals surface area contributed by atoms with E-state index in [1.165, 1.54) is 6.92 Å². The molecule has 0 aromatic heterocycles. The molecule has 112 valence electrons. The summed E-state index contributed by atoms with van der Waals surface area (Å²) >= 11 is 0. The number of hydrogen-bond acceptors (Lipinski definition) is 4. The average molecular weight is 294 g/mol. The molecule has 2 atom stereocenters. The molecule has 0 aliphatic carbocycles. The lowest BCUT2D eigenvalue weighted by Crippen LogP contribution is -2.45. The Kier molecular flexibility index (Phi) is 7.62. The summed E-state index contributed by atoms with van der Waals surface area (Å²) in [6, 6.07) is -0.864. The summed E-state index contributed by atoms with van der Waals surface area (Å²) in [5.74, 6) is -1.96. The van der Waals surface area contributed by atoms with Crippen molar-refractivity contribution in [3.63, 3.8) is 0 Å². The number of aliphatic carboxylic acids is 1. The van der Waals surface area contributed by atoms with E-state index in [2.05, 4.69) is 10.0 Å². The zero-order valence-electron chi connectivity index (χ0n) is 11.5. The molecule has 0 aromatic carbocycles. The van der Waals surface area contributed by atoms with Crippen LogP contribution in [0.25, 0.3) is 0 Å². The highest BCUT2D eigenvalue weighted by atomic mass is 32.2. The third-order valence-electron chi connectivity index (χ3n) is 2.52. The molecule has 0 aliphatic heterocycles. The number of amides is 1. The van der Waals surface area contributed by atoms with Crippen molar-refractivity contribution < 1.29 is 23.1 Å². The molecular formula is C11H22N2O5S. The van der Waals surface area contributed by atoms with E-state index in [1.54, 1.807) is 13.8 Å². The van der Waals surface area contributed by atoms with Gasteiger partial charge in [0, 0.05) is 6.54 Å². The van der Waals surface area contributed by atoms with E-state index < -0.39 is 33.9 Å². The molecule has 0 fully saturated rings. The zero-order valence-corrected chi connectivity index (χ0v) is 12.3. The second kappa shape index (κ2) is 8.11. The van der Waals surface area contributed by atoms with E-state index in [4.69, 9.17) is 5.11 Å². The van der Waals surface area contributed by atoms with Gasteiger partial charge in [-0.3, -0.25) is 9.59 Å². The van der Waals surface area contributed by atoms with Gasteiger partial charge in [-0.25, -0.2) is 13.1 Å². The van der Waals surface area contributed by atoms with Gasteiger partial charge in [0.2, 0.25) is 15.9 Å². The Hall–Kier alpha value is -1.15. The number of nitrogens with one attached hydrogen (secondary N) is 2. The van der Waals surface area contributed by atoms with Gasteiger partial charge in [0.15, 0.2) is 0 Å². The van der Waals surface area contributed by atoms with E-state index in [-0.39, 0.29) is 12.3 Å².